The van der Waals surface area contributed by atoms with E-state index < -0.39 is 45.0 Å². The third-order valence-corrected chi connectivity index (χ3v) is 6.27. The second kappa shape index (κ2) is 9.38. The number of hydrogen-bond donors (Lipinski definition) is 2. The molecule has 0 aliphatic carbocycles. The van der Waals surface area contributed by atoms with E-state index in [0.717, 1.165) is 11.6 Å². The number of anilines is 1. The molecule has 3 rings (SSSR count). The summed E-state index contributed by atoms with van der Waals surface area (Å²) in [7, 11) is -1.07. The van der Waals surface area contributed by atoms with Crippen LogP contribution in [0.15, 0.2) is 53.6 Å². The average Bonchev–Trinajstić information content (AvgIpc) is 3.20. The summed E-state index contributed by atoms with van der Waals surface area (Å²) >= 11 is 0. The van der Waals surface area contributed by atoms with Crippen LogP contribution in [0.25, 0.3) is 10.9 Å². The molecule has 11 nitrogen and oxygen atoms in total. The fraction of sp³-hybridized carbons (Fsp3) is 0.238. The number of rotatable bonds is 9. The predicted molar refractivity (Wildman–Crippen MR) is 121 cm³/mol. The van der Waals surface area contributed by atoms with Crippen molar-refractivity contribution in [1.29, 1.82) is 0 Å². The first kappa shape index (κ1) is 23.9. The molecule has 0 aliphatic heterocycles. The largest absolute Gasteiger partial charge is 0.453 e. The Hall–Kier alpha value is -3.77. The number of nitrogens with zero attached hydrogens (tertiary/aromatic N) is 2. The molecule has 0 fully saturated rings. The zero-order valence-corrected chi connectivity index (χ0v) is 18.9. The van der Waals surface area contributed by atoms with Crippen LogP contribution in [-0.4, -0.2) is 56.8 Å². The van der Waals surface area contributed by atoms with Gasteiger partial charge in [0.05, 0.1) is 9.82 Å². The lowest BCUT2D eigenvalue weighted by molar-refractivity contribution is -0.384. The lowest BCUT2D eigenvalue weighted by Crippen LogP contribution is -2.34. The minimum Gasteiger partial charge on any atom is -0.453 e. The Morgan fingerprint density at radius 2 is 1.91 bits per heavy atom. The number of aromatic nitrogens is 1. The SMILES string of the molecule is CC(OC(=O)CNS(=O)(=O)c1ccc(N(C)C)c([N+](=O)[O-])c1)C(=O)c1c[nH]c2ccccc12. The van der Waals surface area contributed by atoms with E-state index >= 15 is 0 Å². The molecule has 1 aromatic heterocycles. The molecule has 1 atom stereocenters. The minimum absolute atomic E-state index is 0.225. The molecule has 2 aromatic carbocycles. The molecule has 33 heavy (non-hydrogen) atoms. The average molecular weight is 474 g/mol. The van der Waals surface area contributed by atoms with Gasteiger partial charge >= 0.3 is 5.97 Å². The van der Waals surface area contributed by atoms with Crippen molar-refractivity contribution in [3.8, 4) is 0 Å². The minimum atomic E-state index is -4.25. The zero-order valence-electron chi connectivity index (χ0n) is 18.1. The first-order valence-electron chi connectivity index (χ1n) is 9.76. The highest BCUT2D eigenvalue weighted by atomic mass is 32.2. The normalized spacial score (nSPS) is 12.3. The lowest BCUT2D eigenvalue weighted by atomic mass is 10.1. The summed E-state index contributed by atoms with van der Waals surface area (Å²) in [5, 5.41) is 12.0. The van der Waals surface area contributed by atoms with E-state index in [-0.39, 0.29) is 10.6 Å². The quantitative estimate of drug-likeness (QED) is 0.207. The van der Waals surface area contributed by atoms with Crippen molar-refractivity contribution in [2.24, 2.45) is 0 Å². The van der Waals surface area contributed by atoms with Gasteiger partial charge in [0, 0.05) is 42.8 Å². The maximum absolute atomic E-state index is 12.7. The van der Waals surface area contributed by atoms with Crippen LogP contribution in [0.2, 0.25) is 0 Å². The van der Waals surface area contributed by atoms with Crippen LogP contribution in [0.4, 0.5) is 11.4 Å². The summed E-state index contributed by atoms with van der Waals surface area (Å²) in [5.74, 6) is -1.42. The summed E-state index contributed by atoms with van der Waals surface area (Å²) in [6.45, 7) is 0.636. The number of ketones is 1. The van der Waals surface area contributed by atoms with Crippen molar-refractivity contribution in [2.45, 2.75) is 17.9 Å². The summed E-state index contributed by atoms with van der Waals surface area (Å²) in [4.78, 5) is 39.5. The monoisotopic (exact) mass is 474 g/mol. The summed E-state index contributed by atoms with van der Waals surface area (Å²) < 4.78 is 32.2. The van der Waals surface area contributed by atoms with Gasteiger partial charge in [-0.25, -0.2) is 8.42 Å². The Morgan fingerprint density at radius 1 is 1.21 bits per heavy atom. The molecule has 0 saturated heterocycles. The third-order valence-electron chi connectivity index (χ3n) is 4.87. The van der Waals surface area contributed by atoms with Gasteiger partial charge in [0.2, 0.25) is 15.8 Å². The fourth-order valence-corrected chi connectivity index (χ4v) is 4.21. The van der Waals surface area contributed by atoms with E-state index in [4.69, 9.17) is 4.74 Å². The van der Waals surface area contributed by atoms with Gasteiger partial charge in [-0.05, 0) is 25.1 Å². The molecule has 174 valence electrons. The lowest BCUT2D eigenvalue weighted by Gasteiger charge is -2.14. The van der Waals surface area contributed by atoms with Crippen LogP contribution < -0.4 is 9.62 Å². The number of nitro groups is 1. The van der Waals surface area contributed by atoms with Gasteiger partial charge < -0.3 is 14.6 Å². The van der Waals surface area contributed by atoms with Gasteiger partial charge in [-0.1, -0.05) is 18.2 Å². The van der Waals surface area contributed by atoms with Gasteiger partial charge in [-0.15, -0.1) is 0 Å². The number of Topliss-reactive ketones (excluding diaryl/α,β-unsaturated/α-hetero) is 1. The smallest absolute Gasteiger partial charge is 0.321 e. The third kappa shape index (κ3) is 5.18. The van der Waals surface area contributed by atoms with E-state index in [1.165, 1.54) is 30.2 Å². The Morgan fingerprint density at radius 3 is 2.58 bits per heavy atom. The number of sulfonamides is 1. The van der Waals surface area contributed by atoms with Gasteiger partial charge in [0.1, 0.15) is 12.2 Å². The molecular formula is C21H22N4O7S. The fourth-order valence-electron chi connectivity index (χ4n) is 3.22. The van der Waals surface area contributed by atoms with Crippen LogP contribution in [0.1, 0.15) is 17.3 Å². The van der Waals surface area contributed by atoms with Gasteiger partial charge in [0.15, 0.2) is 6.10 Å². The highest BCUT2D eigenvalue weighted by Crippen LogP contribution is 2.29. The van der Waals surface area contributed by atoms with Crippen molar-refractivity contribution in [2.75, 3.05) is 25.5 Å². The summed E-state index contributed by atoms with van der Waals surface area (Å²) in [5.41, 5.74) is 0.924. The molecule has 1 heterocycles. The van der Waals surface area contributed by atoms with Crippen molar-refractivity contribution < 1.29 is 27.7 Å². The number of nitrogens with one attached hydrogen (secondary N) is 2. The summed E-state index contributed by atoms with van der Waals surface area (Å²) in [6, 6.07) is 10.5. The van der Waals surface area contributed by atoms with Crippen molar-refractivity contribution >= 4 is 44.1 Å². The molecule has 1 unspecified atom stereocenters. The Labute approximate surface area is 189 Å². The molecule has 0 aliphatic rings. The molecule has 12 heteroatoms. The molecule has 2 N–H and O–H groups in total. The number of aromatic amines is 1. The molecule has 0 bridgehead atoms. The molecule has 0 radical (unpaired) electrons. The van der Waals surface area contributed by atoms with Crippen LogP contribution >= 0.6 is 0 Å². The molecule has 0 spiro atoms. The Bertz CT molecular complexity index is 1330. The van der Waals surface area contributed by atoms with Crippen LogP contribution in [0, 0.1) is 10.1 Å². The van der Waals surface area contributed by atoms with Crippen LogP contribution in [0.5, 0.6) is 0 Å². The predicted octanol–water partition coefficient (Wildman–Crippen LogP) is 2.23. The van der Waals surface area contributed by atoms with E-state index in [1.807, 2.05) is 10.8 Å². The van der Waals surface area contributed by atoms with Crippen molar-refractivity contribution in [1.82, 2.24) is 9.71 Å². The number of hydrogen-bond acceptors (Lipinski definition) is 8. The van der Waals surface area contributed by atoms with E-state index in [0.29, 0.717) is 10.9 Å². The Balaban J connectivity index is 1.67. The van der Waals surface area contributed by atoms with Gasteiger partial charge in [-0.2, -0.15) is 4.72 Å². The van der Waals surface area contributed by atoms with Gasteiger partial charge in [0.25, 0.3) is 5.69 Å². The van der Waals surface area contributed by atoms with Crippen LogP contribution in [-0.2, 0) is 19.6 Å². The number of nitro benzene ring substituents is 1. The zero-order chi connectivity index (χ0) is 24.3. The maximum Gasteiger partial charge on any atom is 0.321 e. The molecular weight excluding hydrogens is 452 g/mol. The number of para-hydroxylation sites is 1. The van der Waals surface area contributed by atoms with Gasteiger partial charge in [-0.3, -0.25) is 19.7 Å². The molecule has 0 saturated carbocycles. The van der Waals surface area contributed by atoms with E-state index in [2.05, 4.69) is 4.98 Å². The number of carbonyl (C=O) groups is 2. The van der Waals surface area contributed by atoms with E-state index in [1.54, 1.807) is 32.3 Å². The highest BCUT2D eigenvalue weighted by molar-refractivity contribution is 7.89. The number of benzene rings is 2. The second-order valence-electron chi connectivity index (χ2n) is 7.37. The van der Waals surface area contributed by atoms with Crippen molar-refractivity contribution in [3.05, 3.63) is 64.3 Å². The number of carbonyl (C=O) groups excluding carboxylic acids is 2. The van der Waals surface area contributed by atoms with Crippen LogP contribution in [0.3, 0.4) is 0 Å². The maximum atomic E-state index is 12.7. The first-order chi connectivity index (χ1) is 15.5. The summed E-state index contributed by atoms with van der Waals surface area (Å²) in [6.07, 6.45) is 0.367. The standard InChI is InChI=1S/C21H22N4O7S/c1-13(21(27)16-11-22-17-7-5-4-6-15(16)17)32-20(26)12-23-33(30,31)14-8-9-18(24(2)3)19(10-14)25(28)29/h4-11,13,22-23H,12H2,1-3H3. The number of fused-ring (bicyclic) bond motifs is 1. The molecule has 0 amide bonds. The second-order valence-corrected chi connectivity index (χ2v) is 9.14. The first-order valence-corrected chi connectivity index (χ1v) is 11.2. The van der Waals surface area contributed by atoms with Crippen molar-refractivity contribution in [3.63, 3.8) is 0 Å². The Kier molecular flexibility index (Phi) is 6.79. The van der Waals surface area contributed by atoms with E-state index in [9.17, 15) is 28.1 Å². The topological polar surface area (TPSA) is 152 Å². The number of esters is 1. The highest BCUT2D eigenvalue weighted by Gasteiger charge is 2.25. The number of ether oxygens (including phenoxy) is 1. The number of H-pyrrole nitrogens is 1. The molecule has 3 aromatic rings.